The summed E-state index contributed by atoms with van der Waals surface area (Å²) in [7, 11) is 0. The maximum atomic E-state index is 5.70. The van der Waals surface area contributed by atoms with Gasteiger partial charge in [-0.25, -0.2) is 14.6 Å². The Bertz CT molecular complexity index is 617. The number of hydrogen-bond acceptors (Lipinski definition) is 5. The van der Waals surface area contributed by atoms with Gasteiger partial charge in [0.05, 0.1) is 0 Å². The van der Waals surface area contributed by atoms with E-state index in [0.29, 0.717) is 5.82 Å². The second-order valence-corrected chi connectivity index (χ2v) is 4.69. The van der Waals surface area contributed by atoms with E-state index in [4.69, 9.17) is 5.73 Å². The van der Waals surface area contributed by atoms with Gasteiger partial charge in [-0.2, -0.15) is 5.10 Å². The Labute approximate surface area is 108 Å². The predicted octanol–water partition coefficient (Wildman–Crippen LogP) is 1.95. The zero-order chi connectivity index (χ0) is 12.4. The van der Waals surface area contributed by atoms with Gasteiger partial charge in [0.25, 0.3) is 0 Å². The SMILES string of the molecule is Nc1csc(C(c2ccccc2)n2cncn2)n1. The molecule has 0 bridgehead atoms. The normalized spacial score (nSPS) is 12.4. The molecular weight excluding hydrogens is 246 g/mol. The molecule has 90 valence electrons. The molecule has 2 N–H and O–H groups in total. The highest BCUT2D eigenvalue weighted by atomic mass is 32.1. The third-order valence-electron chi connectivity index (χ3n) is 2.59. The number of aromatic nitrogens is 4. The van der Waals surface area contributed by atoms with Gasteiger partial charge < -0.3 is 5.73 Å². The van der Waals surface area contributed by atoms with Crippen molar-refractivity contribution in [3.8, 4) is 0 Å². The van der Waals surface area contributed by atoms with E-state index in [1.807, 2.05) is 35.7 Å². The first-order chi connectivity index (χ1) is 8.84. The summed E-state index contributed by atoms with van der Waals surface area (Å²) in [6.45, 7) is 0. The first-order valence-corrected chi connectivity index (χ1v) is 6.32. The summed E-state index contributed by atoms with van der Waals surface area (Å²) in [5.74, 6) is 0.538. The van der Waals surface area contributed by atoms with Crippen LogP contribution in [-0.4, -0.2) is 19.7 Å². The average molecular weight is 257 g/mol. The van der Waals surface area contributed by atoms with E-state index >= 15 is 0 Å². The summed E-state index contributed by atoms with van der Waals surface area (Å²) in [4.78, 5) is 8.35. The fourth-order valence-corrected chi connectivity index (χ4v) is 2.65. The van der Waals surface area contributed by atoms with Gasteiger partial charge in [0.15, 0.2) is 0 Å². The second-order valence-electron chi connectivity index (χ2n) is 3.80. The fourth-order valence-electron chi connectivity index (χ4n) is 1.82. The van der Waals surface area contributed by atoms with Crippen molar-refractivity contribution in [2.24, 2.45) is 0 Å². The van der Waals surface area contributed by atoms with Crippen molar-refractivity contribution >= 4 is 17.2 Å². The van der Waals surface area contributed by atoms with Gasteiger partial charge in [-0.3, -0.25) is 0 Å². The molecule has 1 unspecified atom stereocenters. The molecule has 1 aromatic carbocycles. The third-order valence-corrected chi connectivity index (χ3v) is 3.51. The van der Waals surface area contributed by atoms with E-state index in [9.17, 15) is 0 Å². The molecule has 2 aromatic heterocycles. The number of thiazole rings is 1. The van der Waals surface area contributed by atoms with E-state index in [1.54, 1.807) is 11.0 Å². The Hall–Kier alpha value is -2.21. The molecule has 18 heavy (non-hydrogen) atoms. The summed E-state index contributed by atoms with van der Waals surface area (Å²) in [5.41, 5.74) is 6.81. The maximum absolute atomic E-state index is 5.70. The zero-order valence-electron chi connectivity index (χ0n) is 9.47. The van der Waals surface area contributed by atoms with Gasteiger partial charge in [0.1, 0.15) is 29.5 Å². The topological polar surface area (TPSA) is 69.6 Å². The fraction of sp³-hybridized carbons (Fsp3) is 0.0833. The number of benzene rings is 1. The van der Waals surface area contributed by atoms with Crippen molar-refractivity contribution in [3.05, 3.63) is 58.9 Å². The quantitative estimate of drug-likeness (QED) is 0.778. The lowest BCUT2D eigenvalue weighted by Crippen LogP contribution is -2.12. The average Bonchev–Trinajstić information content (AvgIpc) is 3.04. The van der Waals surface area contributed by atoms with Crippen molar-refractivity contribution in [2.45, 2.75) is 6.04 Å². The first kappa shape index (κ1) is 10.9. The summed E-state index contributed by atoms with van der Waals surface area (Å²) in [5, 5.41) is 6.95. The number of hydrogen-bond donors (Lipinski definition) is 1. The monoisotopic (exact) mass is 257 g/mol. The number of rotatable bonds is 3. The number of nitrogens with two attached hydrogens (primary N) is 1. The molecule has 0 fully saturated rings. The van der Waals surface area contributed by atoms with Crippen LogP contribution in [0.25, 0.3) is 0 Å². The molecular formula is C12H11N5S. The van der Waals surface area contributed by atoms with E-state index in [-0.39, 0.29) is 6.04 Å². The van der Waals surface area contributed by atoms with Gasteiger partial charge in [-0.15, -0.1) is 11.3 Å². The molecule has 2 heterocycles. The van der Waals surface area contributed by atoms with Crippen LogP contribution >= 0.6 is 11.3 Å². The van der Waals surface area contributed by atoms with E-state index in [1.165, 1.54) is 17.7 Å². The molecule has 0 aliphatic carbocycles. The predicted molar refractivity (Wildman–Crippen MR) is 70.2 cm³/mol. The standard InChI is InChI=1S/C12H11N5S/c13-10-6-18-12(16-10)11(17-8-14-7-15-17)9-4-2-1-3-5-9/h1-8,11H,13H2. The molecule has 0 radical (unpaired) electrons. The lowest BCUT2D eigenvalue weighted by molar-refractivity contribution is 0.591. The Morgan fingerprint density at radius 2 is 2.06 bits per heavy atom. The Morgan fingerprint density at radius 1 is 1.22 bits per heavy atom. The highest BCUT2D eigenvalue weighted by Crippen LogP contribution is 2.28. The largest absolute Gasteiger partial charge is 0.383 e. The smallest absolute Gasteiger partial charge is 0.137 e. The van der Waals surface area contributed by atoms with Gasteiger partial charge in [-0.1, -0.05) is 30.3 Å². The molecule has 0 aliphatic rings. The molecule has 0 saturated carbocycles. The van der Waals surface area contributed by atoms with Crippen LogP contribution in [-0.2, 0) is 0 Å². The van der Waals surface area contributed by atoms with Crippen LogP contribution in [0.15, 0.2) is 48.4 Å². The van der Waals surface area contributed by atoms with Gasteiger partial charge >= 0.3 is 0 Å². The van der Waals surface area contributed by atoms with Crippen LogP contribution < -0.4 is 5.73 Å². The lowest BCUT2D eigenvalue weighted by Gasteiger charge is -2.14. The summed E-state index contributed by atoms with van der Waals surface area (Å²) in [6, 6.07) is 9.99. The van der Waals surface area contributed by atoms with E-state index < -0.39 is 0 Å². The minimum absolute atomic E-state index is 0.0731. The Kier molecular flexibility index (Phi) is 2.77. The van der Waals surface area contributed by atoms with Gasteiger partial charge in [0.2, 0.25) is 0 Å². The molecule has 3 aromatic rings. The van der Waals surface area contributed by atoms with Crippen LogP contribution in [0.2, 0.25) is 0 Å². The highest BCUT2D eigenvalue weighted by molar-refractivity contribution is 7.10. The molecule has 0 saturated heterocycles. The minimum Gasteiger partial charge on any atom is -0.383 e. The minimum atomic E-state index is -0.0731. The van der Waals surface area contributed by atoms with Gasteiger partial charge in [-0.05, 0) is 5.56 Å². The van der Waals surface area contributed by atoms with Crippen LogP contribution in [0.3, 0.4) is 0 Å². The molecule has 0 spiro atoms. The van der Waals surface area contributed by atoms with Crippen molar-refractivity contribution in [1.82, 2.24) is 19.7 Å². The highest BCUT2D eigenvalue weighted by Gasteiger charge is 2.19. The van der Waals surface area contributed by atoms with Crippen LogP contribution in [0.4, 0.5) is 5.82 Å². The van der Waals surface area contributed by atoms with Crippen LogP contribution in [0.5, 0.6) is 0 Å². The summed E-state index contributed by atoms with van der Waals surface area (Å²) in [6.07, 6.45) is 3.21. The molecule has 6 heteroatoms. The Balaban J connectivity index is 2.10. The third kappa shape index (κ3) is 1.98. The van der Waals surface area contributed by atoms with Crippen molar-refractivity contribution in [1.29, 1.82) is 0 Å². The summed E-state index contributed by atoms with van der Waals surface area (Å²) >= 11 is 1.53. The van der Waals surface area contributed by atoms with Crippen molar-refractivity contribution in [2.75, 3.05) is 5.73 Å². The maximum Gasteiger partial charge on any atom is 0.137 e. The zero-order valence-corrected chi connectivity index (χ0v) is 10.3. The molecule has 3 rings (SSSR count). The van der Waals surface area contributed by atoms with Crippen LogP contribution in [0.1, 0.15) is 16.6 Å². The van der Waals surface area contributed by atoms with E-state index in [2.05, 4.69) is 15.1 Å². The first-order valence-electron chi connectivity index (χ1n) is 5.44. The molecule has 5 nitrogen and oxygen atoms in total. The van der Waals surface area contributed by atoms with Crippen molar-refractivity contribution in [3.63, 3.8) is 0 Å². The van der Waals surface area contributed by atoms with Crippen LogP contribution in [0, 0.1) is 0 Å². The lowest BCUT2D eigenvalue weighted by atomic mass is 10.1. The van der Waals surface area contributed by atoms with Gasteiger partial charge in [0, 0.05) is 5.38 Å². The summed E-state index contributed by atoms with van der Waals surface area (Å²) < 4.78 is 1.79. The van der Waals surface area contributed by atoms with E-state index in [0.717, 1.165) is 10.6 Å². The number of nitrogen functional groups attached to an aromatic ring is 1. The number of anilines is 1. The molecule has 1 atom stereocenters. The second kappa shape index (κ2) is 4.58. The Morgan fingerprint density at radius 3 is 2.67 bits per heavy atom. The molecule has 0 aliphatic heterocycles. The number of nitrogens with zero attached hydrogens (tertiary/aromatic N) is 4. The molecule has 0 amide bonds. The van der Waals surface area contributed by atoms with Crippen molar-refractivity contribution < 1.29 is 0 Å².